The van der Waals surface area contributed by atoms with Crippen LogP contribution in [0.4, 0.5) is 0 Å². The summed E-state index contributed by atoms with van der Waals surface area (Å²) in [6.07, 6.45) is -7.42. The molecule has 0 radical (unpaired) electrons. The monoisotopic (exact) mass is 844 g/mol. The van der Waals surface area contributed by atoms with E-state index in [1.165, 1.54) is 12.5 Å². The van der Waals surface area contributed by atoms with E-state index in [0.29, 0.717) is 12.8 Å². The summed E-state index contributed by atoms with van der Waals surface area (Å²) in [5.41, 5.74) is -2.52. The smallest absolute Gasteiger partial charge is 0.397 e. The second-order valence-electron chi connectivity index (χ2n) is 20.5. The number of ether oxygens (including phenoxy) is 6. The predicted molar refractivity (Wildman–Crippen MR) is 202 cm³/mol. The highest BCUT2D eigenvalue weighted by atomic mass is 32.3. The zero-order chi connectivity index (χ0) is 42.3. The summed E-state index contributed by atoms with van der Waals surface area (Å²) in [5, 5.41) is 55.3. The molecule has 3 saturated carbocycles. The summed E-state index contributed by atoms with van der Waals surface area (Å²) >= 11 is 0. The lowest BCUT2D eigenvalue weighted by Gasteiger charge is -2.64. The quantitative estimate of drug-likeness (QED) is 0.0934. The highest BCUT2D eigenvalue weighted by molar-refractivity contribution is 7.80. The normalized spacial score (nSPS) is 53.5. The minimum atomic E-state index is -5.02. The Morgan fingerprint density at radius 2 is 1.50 bits per heavy atom. The lowest BCUT2D eigenvalue weighted by Crippen LogP contribution is -2.64. The van der Waals surface area contributed by atoms with E-state index in [1.54, 1.807) is 0 Å². The molecule has 6 N–H and O–H groups in total. The molecular weight excluding hydrogens is 781 g/mol. The number of allylic oxidation sites excluding steroid dienone is 1. The molecular formula is C41H64O16S. The van der Waals surface area contributed by atoms with Crippen LogP contribution in [0.25, 0.3) is 0 Å². The van der Waals surface area contributed by atoms with Gasteiger partial charge in [-0.2, -0.15) is 8.42 Å². The molecule has 4 heterocycles. The molecule has 0 aromatic carbocycles. The molecule has 0 amide bonds. The van der Waals surface area contributed by atoms with Crippen molar-refractivity contribution in [2.75, 3.05) is 6.61 Å². The first-order valence-electron chi connectivity index (χ1n) is 21.1. The average Bonchev–Trinajstić information content (AvgIpc) is 3.75. The van der Waals surface area contributed by atoms with Gasteiger partial charge in [-0.05, 0) is 107 Å². The van der Waals surface area contributed by atoms with Gasteiger partial charge in [-0.3, -0.25) is 9.35 Å². The Hall–Kier alpha value is -1.32. The third-order valence-electron chi connectivity index (χ3n) is 16.7. The number of aliphatic hydroxyl groups is 5. The molecule has 0 unspecified atom stereocenters. The molecule has 58 heavy (non-hydrogen) atoms. The van der Waals surface area contributed by atoms with Gasteiger partial charge >= 0.3 is 16.4 Å². The van der Waals surface area contributed by atoms with Crippen LogP contribution in [0.2, 0.25) is 0 Å². The van der Waals surface area contributed by atoms with Crippen molar-refractivity contribution < 1.29 is 75.9 Å². The Kier molecular flexibility index (Phi) is 10.5. The van der Waals surface area contributed by atoms with Gasteiger partial charge in [0.15, 0.2) is 12.6 Å². The van der Waals surface area contributed by atoms with Crippen LogP contribution < -0.4 is 0 Å². The average molecular weight is 845 g/mol. The van der Waals surface area contributed by atoms with E-state index in [0.717, 1.165) is 38.5 Å². The highest BCUT2D eigenvalue weighted by Gasteiger charge is 2.80. The number of cyclic esters (lactones) is 1. The Morgan fingerprint density at radius 1 is 0.793 bits per heavy atom. The van der Waals surface area contributed by atoms with Crippen LogP contribution in [-0.2, 0) is 47.8 Å². The molecule has 8 rings (SSSR count). The Labute approximate surface area is 340 Å². The van der Waals surface area contributed by atoms with E-state index in [2.05, 4.69) is 41.5 Å². The molecule has 0 aromatic heterocycles. The summed E-state index contributed by atoms with van der Waals surface area (Å²) in [7, 11) is -5.02. The van der Waals surface area contributed by atoms with Crippen molar-refractivity contribution in [1.29, 1.82) is 0 Å². The fourth-order valence-corrected chi connectivity index (χ4v) is 14.2. The standard InChI is InChI=1S/C41H64O16S/c1-19-28(43)30(45)31(46)33(52-19)54-32-29(44)22(57-58(48,49)50)18-51-34(32)53-26-13-15-38(6)21-17-25(42)41-24(40(8,56-35(41)47)27-12-14-36(2,3)55-27)11-16-39(41,7)20(21)9-10-23(38)37(26,4)5/h17,19-20,22-34,42-46H,9-16,18H2,1-8H3,(H,48,49,50)/t19-,20-,22-,23+,24-,25+,26+,27-,28-,29+,30+,31-,32-,33+,34+,38-,39+,40-,41+/m1/s1. The Bertz CT molecular complexity index is 1770. The summed E-state index contributed by atoms with van der Waals surface area (Å²) in [6, 6.07) is 0. The maximum absolute atomic E-state index is 14.4. The molecule has 4 aliphatic heterocycles. The van der Waals surface area contributed by atoms with Gasteiger partial charge in [0.05, 0.1) is 36.6 Å². The van der Waals surface area contributed by atoms with Gasteiger partial charge in [0.2, 0.25) is 0 Å². The number of aliphatic hydroxyl groups excluding tert-OH is 5. The lowest BCUT2D eigenvalue weighted by molar-refractivity contribution is -0.362. The summed E-state index contributed by atoms with van der Waals surface area (Å²) in [6.45, 7) is 15.8. The van der Waals surface area contributed by atoms with Crippen molar-refractivity contribution in [3.05, 3.63) is 11.6 Å². The second kappa shape index (κ2) is 14.1. The zero-order valence-corrected chi connectivity index (χ0v) is 35.6. The molecule has 4 saturated heterocycles. The predicted octanol–water partition coefficient (Wildman–Crippen LogP) is 2.32. The molecule has 0 aromatic rings. The number of carbonyl (C=O) groups excluding carboxylic acids is 1. The summed E-state index contributed by atoms with van der Waals surface area (Å²) < 4.78 is 74.6. The summed E-state index contributed by atoms with van der Waals surface area (Å²) in [4.78, 5) is 14.4. The number of carbonyl (C=O) groups is 1. The van der Waals surface area contributed by atoms with E-state index < -0.39 is 106 Å². The SMILES string of the molecule is C[C@H]1O[C@@H](O[C@H]2[C@H](O[C@H]3CC[C@]4(C)C5=C[C@H](O)[C@]67C(=O)O[C@@](C)([C@H]8CCC(C)(C)O8)[C@H]6CC[C@@]7(C)[C@@H]5CC[C@H]4C3(C)C)OC[C@@H](OS(=O)(=O)O)[C@@H]2O)[C@H](O)[C@@H](O)[C@@H]1O. The summed E-state index contributed by atoms with van der Waals surface area (Å²) in [5.74, 6) is -0.431. The maximum atomic E-state index is 14.4. The molecule has 0 bridgehead atoms. The van der Waals surface area contributed by atoms with E-state index >= 15 is 0 Å². The molecule has 330 valence electrons. The zero-order valence-electron chi connectivity index (χ0n) is 34.8. The first-order valence-corrected chi connectivity index (χ1v) is 22.5. The van der Waals surface area contributed by atoms with Crippen molar-refractivity contribution >= 4 is 16.4 Å². The van der Waals surface area contributed by atoms with E-state index in [1.807, 2.05) is 13.0 Å². The number of hydrogen-bond donors (Lipinski definition) is 6. The van der Waals surface area contributed by atoms with Crippen molar-refractivity contribution in [2.45, 2.75) is 192 Å². The number of rotatable bonds is 7. The third-order valence-corrected chi connectivity index (χ3v) is 17.2. The van der Waals surface area contributed by atoms with E-state index in [-0.39, 0.29) is 40.8 Å². The van der Waals surface area contributed by atoms with Gasteiger partial charge in [0, 0.05) is 5.92 Å². The van der Waals surface area contributed by atoms with Crippen molar-refractivity contribution in [2.24, 2.45) is 39.4 Å². The second-order valence-corrected chi connectivity index (χ2v) is 21.6. The van der Waals surface area contributed by atoms with E-state index in [4.69, 9.17) is 32.6 Å². The van der Waals surface area contributed by atoms with Crippen molar-refractivity contribution in [3.8, 4) is 0 Å². The van der Waals surface area contributed by atoms with Crippen LogP contribution in [0.3, 0.4) is 0 Å². The molecule has 4 aliphatic carbocycles. The number of hydrogen-bond acceptors (Lipinski definition) is 15. The van der Waals surface area contributed by atoms with Crippen LogP contribution in [-0.4, -0.2) is 136 Å². The van der Waals surface area contributed by atoms with Crippen LogP contribution in [0.1, 0.15) is 107 Å². The third kappa shape index (κ3) is 6.26. The lowest BCUT2D eigenvalue weighted by atomic mass is 9.40. The van der Waals surface area contributed by atoms with Gasteiger partial charge < -0.3 is 54.0 Å². The van der Waals surface area contributed by atoms with Crippen LogP contribution >= 0.6 is 0 Å². The van der Waals surface area contributed by atoms with Crippen molar-refractivity contribution in [1.82, 2.24) is 0 Å². The fourth-order valence-electron chi connectivity index (χ4n) is 13.7. The van der Waals surface area contributed by atoms with Crippen molar-refractivity contribution in [3.63, 3.8) is 0 Å². The van der Waals surface area contributed by atoms with E-state index in [9.17, 15) is 43.3 Å². The van der Waals surface area contributed by atoms with Gasteiger partial charge in [0.1, 0.15) is 47.6 Å². The first kappa shape index (κ1) is 43.3. The Morgan fingerprint density at radius 3 is 2.16 bits per heavy atom. The minimum absolute atomic E-state index is 0.0405. The highest BCUT2D eigenvalue weighted by Crippen LogP contribution is 2.76. The largest absolute Gasteiger partial charge is 0.456 e. The maximum Gasteiger partial charge on any atom is 0.397 e. The van der Waals surface area contributed by atoms with Gasteiger partial charge in [-0.1, -0.05) is 39.3 Å². The molecule has 16 nitrogen and oxygen atoms in total. The molecule has 8 aliphatic rings. The van der Waals surface area contributed by atoms with Gasteiger partial charge in [-0.15, -0.1) is 0 Å². The molecule has 17 heteroatoms. The van der Waals surface area contributed by atoms with Crippen LogP contribution in [0.15, 0.2) is 11.6 Å². The Balaban J connectivity index is 1.05. The van der Waals surface area contributed by atoms with Crippen LogP contribution in [0.5, 0.6) is 0 Å². The fraction of sp³-hybridized carbons (Fsp3) is 0.927. The number of esters is 1. The molecule has 7 fully saturated rings. The van der Waals surface area contributed by atoms with Crippen LogP contribution in [0, 0.1) is 39.4 Å². The topological polar surface area (TPSA) is 237 Å². The molecule has 1 spiro atoms. The van der Waals surface area contributed by atoms with Gasteiger partial charge in [-0.25, -0.2) is 4.18 Å². The minimum Gasteiger partial charge on any atom is -0.456 e. The molecule has 19 atom stereocenters. The first-order chi connectivity index (χ1) is 26.8. The number of fused-ring (bicyclic) bond motifs is 4. The van der Waals surface area contributed by atoms with Gasteiger partial charge in [0.25, 0.3) is 0 Å².